The van der Waals surface area contributed by atoms with Gasteiger partial charge in [0.2, 0.25) is 0 Å². The van der Waals surface area contributed by atoms with E-state index in [9.17, 15) is 4.79 Å². The molecule has 2 heteroatoms. The van der Waals surface area contributed by atoms with Gasteiger partial charge in [0.1, 0.15) is 11.5 Å². The summed E-state index contributed by atoms with van der Waals surface area (Å²) in [6.07, 6.45) is 1.53. The minimum absolute atomic E-state index is 0.251. The topological polar surface area (TPSA) is 26.3 Å². The first kappa shape index (κ1) is 13.8. The molecule has 0 amide bonds. The summed E-state index contributed by atoms with van der Waals surface area (Å²) in [4.78, 5) is 11.1. The minimum atomic E-state index is 0.251. The Morgan fingerprint density at radius 2 is 2.00 bits per heavy atom. The molecule has 94 valence electrons. The number of ketones is 1. The molecule has 0 fully saturated rings. The highest BCUT2D eigenvalue weighted by atomic mass is 16.5. The lowest BCUT2D eigenvalue weighted by molar-refractivity contribution is -0.117. The Bertz CT molecular complexity index is 408. The number of Topliss-reactive ketones (excluding diaryl/α,β-unsaturated/α-hetero) is 1. The van der Waals surface area contributed by atoms with Gasteiger partial charge >= 0.3 is 0 Å². The quantitative estimate of drug-likeness (QED) is 0.779. The average molecular weight is 234 g/mol. The highest BCUT2D eigenvalue weighted by molar-refractivity contribution is 5.75. The molecule has 0 bridgehead atoms. The lowest BCUT2D eigenvalue weighted by atomic mass is 9.93. The summed E-state index contributed by atoms with van der Waals surface area (Å²) >= 11 is 0. The van der Waals surface area contributed by atoms with E-state index in [1.54, 1.807) is 14.0 Å². The van der Waals surface area contributed by atoms with Gasteiger partial charge < -0.3 is 9.53 Å². The number of carbonyl (C=O) groups is 1. The zero-order valence-corrected chi connectivity index (χ0v) is 11.5. The molecule has 0 aliphatic carbocycles. The van der Waals surface area contributed by atoms with Gasteiger partial charge in [-0.15, -0.1) is 0 Å². The third-order valence-electron chi connectivity index (χ3n) is 2.90. The minimum Gasteiger partial charge on any atom is -0.496 e. The maximum atomic E-state index is 11.1. The number of aryl methyl sites for hydroxylation is 2. The Balaban J connectivity index is 2.92. The van der Waals surface area contributed by atoms with Crippen molar-refractivity contribution in [2.75, 3.05) is 7.11 Å². The Morgan fingerprint density at radius 3 is 2.53 bits per heavy atom. The van der Waals surface area contributed by atoms with Gasteiger partial charge in [0.25, 0.3) is 0 Å². The van der Waals surface area contributed by atoms with Crippen molar-refractivity contribution in [1.82, 2.24) is 0 Å². The fourth-order valence-electron chi connectivity index (χ4n) is 2.42. The maximum absolute atomic E-state index is 11.1. The Morgan fingerprint density at radius 1 is 1.35 bits per heavy atom. The van der Waals surface area contributed by atoms with E-state index in [-0.39, 0.29) is 5.78 Å². The Labute approximate surface area is 104 Å². The molecule has 0 saturated heterocycles. The van der Waals surface area contributed by atoms with Crippen molar-refractivity contribution in [3.05, 3.63) is 28.8 Å². The fourth-order valence-corrected chi connectivity index (χ4v) is 2.42. The molecule has 1 atom stereocenters. The lowest BCUT2D eigenvalue weighted by Crippen LogP contribution is -2.07. The van der Waals surface area contributed by atoms with Crippen molar-refractivity contribution in [3.8, 4) is 5.75 Å². The number of ether oxygens (including phenoxy) is 1. The molecule has 1 aromatic rings. The summed E-state index contributed by atoms with van der Waals surface area (Å²) in [5, 5.41) is 0. The molecule has 1 unspecified atom stereocenters. The molecule has 0 N–H and O–H groups in total. The second kappa shape index (κ2) is 5.85. The molecule has 0 heterocycles. The summed E-state index contributed by atoms with van der Waals surface area (Å²) in [5.74, 6) is 1.58. The first-order chi connectivity index (χ1) is 7.93. The summed E-state index contributed by atoms with van der Waals surface area (Å²) in [6.45, 7) is 7.91. The highest BCUT2D eigenvalue weighted by Crippen LogP contribution is 2.28. The maximum Gasteiger partial charge on any atom is 0.130 e. The molecule has 0 spiro atoms. The first-order valence-electron chi connectivity index (χ1n) is 6.07. The molecule has 0 aliphatic rings. The SMILES string of the molecule is COc1c(C)cc(C)cc1CC(C)CC(C)=O. The molecular weight excluding hydrogens is 212 g/mol. The first-order valence-corrected chi connectivity index (χ1v) is 6.07. The van der Waals surface area contributed by atoms with Crippen molar-refractivity contribution in [2.45, 2.75) is 40.5 Å². The van der Waals surface area contributed by atoms with Crippen molar-refractivity contribution in [3.63, 3.8) is 0 Å². The molecular formula is C15H22O2. The van der Waals surface area contributed by atoms with Crippen LogP contribution in [0.2, 0.25) is 0 Å². The monoisotopic (exact) mass is 234 g/mol. The predicted octanol–water partition coefficient (Wildman–Crippen LogP) is 3.47. The molecule has 0 aromatic heterocycles. The number of methoxy groups -OCH3 is 1. The number of benzene rings is 1. The third-order valence-corrected chi connectivity index (χ3v) is 2.90. The second-order valence-electron chi connectivity index (χ2n) is 4.99. The number of carbonyl (C=O) groups excluding carboxylic acids is 1. The molecule has 17 heavy (non-hydrogen) atoms. The summed E-state index contributed by atoms with van der Waals surface area (Å²) in [5.41, 5.74) is 3.62. The van der Waals surface area contributed by atoms with E-state index in [4.69, 9.17) is 4.74 Å². The van der Waals surface area contributed by atoms with E-state index in [0.717, 1.165) is 17.7 Å². The zero-order valence-electron chi connectivity index (χ0n) is 11.5. The zero-order chi connectivity index (χ0) is 13.0. The van der Waals surface area contributed by atoms with E-state index in [1.165, 1.54) is 11.1 Å². The lowest BCUT2D eigenvalue weighted by Gasteiger charge is -2.16. The molecule has 0 aliphatic heterocycles. The molecule has 2 nitrogen and oxygen atoms in total. The van der Waals surface area contributed by atoms with E-state index in [2.05, 4.69) is 32.9 Å². The van der Waals surface area contributed by atoms with E-state index < -0.39 is 0 Å². The van der Waals surface area contributed by atoms with Crippen LogP contribution in [0.1, 0.15) is 37.0 Å². The Hall–Kier alpha value is -1.31. The van der Waals surface area contributed by atoms with Gasteiger partial charge in [-0.3, -0.25) is 0 Å². The summed E-state index contributed by atoms with van der Waals surface area (Å²) in [7, 11) is 1.71. The number of hydrogen-bond donors (Lipinski definition) is 0. The molecule has 1 rings (SSSR count). The van der Waals surface area contributed by atoms with Gasteiger partial charge in [-0.25, -0.2) is 0 Å². The summed E-state index contributed by atoms with van der Waals surface area (Å²) < 4.78 is 5.45. The van der Waals surface area contributed by atoms with E-state index >= 15 is 0 Å². The van der Waals surface area contributed by atoms with Crippen LogP contribution in [-0.4, -0.2) is 12.9 Å². The smallest absolute Gasteiger partial charge is 0.130 e. The van der Waals surface area contributed by atoms with E-state index in [0.29, 0.717) is 12.3 Å². The van der Waals surface area contributed by atoms with Gasteiger partial charge in [-0.2, -0.15) is 0 Å². The molecule has 1 aromatic carbocycles. The average Bonchev–Trinajstić information content (AvgIpc) is 2.15. The van der Waals surface area contributed by atoms with Crippen molar-refractivity contribution in [2.24, 2.45) is 5.92 Å². The number of hydrogen-bond acceptors (Lipinski definition) is 2. The van der Waals surface area contributed by atoms with E-state index in [1.807, 2.05) is 0 Å². The predicted molar refractivity (Wildman–Crippen MR) is 70.6 cm³/mol. The van der Waals surface area contributed by atoms with Gasteiger partial charge in [0.15, 0.2) is 0 Å². The van der Waals surface area contributed by atoms with Crippen LogP contribution in [0.3, 0.4) is 0 Å². The van der Waals surface area contributed by atoms with Crippen LogP contribution >= 0.6 is 0 Å². The van der Waals surface area contributed by atoms with Crippen LogP contribution in [0, 0.1) is 19.8 Å². The van der Waals surface area contributed by atoms with Crippen molar-refractivity contribution >= 4 is 5.78 Å². The molecule has 0 radical (unpaired) electrons. The van der Waals surface area contributed by atoms with Crippen LogP contribution in [0.5, 0.6) is 5.75 Å². The van der Waals surface area contributed by atoms with Crippen LogP contribution in [0.15, 0.2) is 12.1 Å². The standard InChI is InChI=1S/C15H22O2/c1-10-6-12(3)15(17-5)14(8-10)9-11(2)7-13(4)16/h6,8,11H,7,9H2,1-5H3. The third kappa shape index (κ3) is 3.88. The van der Waals surface area contributed by atoms with Crippen molar-refractivity contribution < 1.29 is 9.53 Å². The Kier molecular flexibility index (Phi) is 4.73. The van der Waals surface area contributed by atoms with Crippen LogP contribution < -0.4 is 4.74 Å². The van der Waals surface area contributed by atoms with Gasteiger partial charge in [0.05, 0.1) is 7.11 Å². The van der Waals surface area contributed by atoms with Crippen LogP contribution in [0.25, 0.3) is 0 Å². The van der Waals surface area contributed by atoms with Gasteiger partial charge in [-0.1, -0.05) is 24.6 Å². The van der Waals surface area contributed by atoms with Gasteiger partial charge in [-0.05, 0) is 44.2 Å². The highest BCUT2D eigenvalue weighted by Gasteiger charge is 2.12. The van der Waals surface area contributed by atoms with Crippen molar-refractivity contribution in [1.29, 1.82) is 0 Å². The normalized spacial score (nSPS) is 12.3. The summed E-state index contributed by atoms with van der Waals surface area (Å²) in [6, 6.07) is 4.28. The second-order valence-corrected chi connectivity index (χ2v) is 4.99. The van der Waals surface area contributed by atoms with Crippen LogP contribution in [0.4, 0.5) is 0 Å². The fraction of sp³-hybridized carbons (Fsp3) is 0.533. The van der Waals surface area contributed by atoms with Crippen LogP contribution in [-0.2, 0) is 11.2 Å². The largest absolute Gasteiger partial charge is 0.496 e. The van der Waals surface area contributed by atoms with Gasteiger partial charge in [0, 0.05) is 6.42 Å². The molecule has 0 saturated carbocycles. The number of rotatable bonds is 5.